The van der Waals surface area contributed by atoms with Crippen LogP contribution in [0.25, 0.3) is 0 Å². The number of aliphatic hydroxyl groups excluding tert-OH is 1. The maximum absolute atomic E-state index is 9.46. The van der Waals surface area contributed by atoms with Crippen LogP contribution in [0.4, 0.5) is 0 Å². The van der Waals surface area contributed by atoms with Gasteiger partial charge in [-0.25, -0.2) is 0 Å². The quantitative estimate of drug-likeness (QED) is 0.918. The van der Waals surface area contributed by atoms with Crippen molar-refractivity contribution in [2.24, 2.45) is 13.0 Å². The number of nitrogens with zero attached hydrogens (tertiary/aromatic N) is 3. The van der Waals surface area contributed by atoms with Crippen molar-refractivity contribution in [3.05, 3.63) is 46.2 Å². The van der Waals surface area contributed by atoms with E-state index in [4.69, 9.17) is 0 Å². The van der Waals surface area contributed by atoms with Crippen molar-refractivity contribution < 1.29 is 5.11 Å². The third kappa shape index (κ3) is 3.65. The third-order valence-electron chi connectivity index (χ3n) is 2.82. The molecule has 0 saturated carbocycles. The predicted octanol–water partition coefficient (Wildman–Crippen LogP) is 1.97. The minimum atomic E-state index is 0.156. The SMILES string of the molecule is Cn1cc(CC(CO)Cc2cccc(Br)c2)nn1. The van der Waals surface area contributed by atoms with Crippen LogP contribution >= 0.6 is 15.9 Å². The second-order valence-corrected chi connectivity index (χ2v) is 5.39. The predicted molar refractivity (Wildman–Crippen MR) is 73.1 cm³/mol. The summed E-state index contributed by atoms with van der Waals surface area (Å²) in [7, 11) is 1.85. The second kappa shape index (κ2) is 6.11. The highest BCUT2D eigenvalue weighted by molar-refractivity contribution is 9.10. The van der Waals surface area contributed by atoms with E-state index in [1.165, 1.54) is 5.56 Å². The van der Waals surface area contributed by atoms with Gasteiger partial charge in [0.15, 0.2) is 0 Å². The van der Waals surface area contributed by atoms with E-state index < -0.39 is 0 Å². The van der Waals surface area contributed by atoms with Crippen LogP contribution < -0.4 is 0 Å². The first kappa shape index (κ1) is 13.2. The summed E-state index contributed by atoms with van der Waals surface area (Å²) < 4.78 is 2.75. The summed E-state index contributed by atoms with van der Waals surface area (Å²) in [5.74, 6) is 0.177. The number of aliphatic hydroxyl groups is 1. The molecule has 1 unspecified atom stereocenters. The van der Waals surface area contributed by atoms with Crippen LogP contribution in [0.3, 0.4) is 0 Å². The summed E-state index contributed by atoms with van der Waals surface area (Å²) in [5.41, 5.74) is 2.14. The van der Waals surface area contributed by atoms with Gasteiger partial charge >= 0.3 is 0 Å². The van der Waals surface area contributed by atoms with Gasteiger partial charge < -0.3 is 5.11 Å². The molecule has 2 rings (SSSR count). The number of aromatic nitrogens is 3. The molecule has 1 heterocycles. The normalized spacial score (nSPS) is 12.6. The first-order chi connectivity index (χ1) is 8.67. The van der Waals surface area contributed by atoms with Gasteiger partial charge in [0.1, 0.15) is 0 Å². The molecule has 0 bridgehead atoms. The van der Waals surface area contributed by atoms with Crippen LogP contribution in [-0.2, 0) is 19.9 Å². The van der Waals surface area contributed by atoms with Crippen molar-refractivity contribution >= 4 is 15.9 Å². The molecule has 5 heteroatoms. The van der Waals surface area contributed by atoms with E-state index in [1.807, 2.05) is 25.4 Å². The molecule has 1 atom stereocenters. The number of hydrogen-bond donors (Lipinski definition) is 1. The molecule has 0 fully saturated rings. The van der Waals surface area contributed by atoms with Gasteiger partial charge in [-0.2, -0.15) is 0 Å². The Morgan fingerprint density at radius 1 is 1.39 bits per heavy atom. The molecule has 0 aliphatic rings. The zero-order valence-corrected chi connectivity index (χ0v) is 11.8. The average molecular weight is 310 g/mol. The molecular weight excluding hydrogens is 294 g/mol. The molecule has 0 amide bonds. The number of aryl methyl sites for hydroxylation is 1. The molecule has 0 radical (unpaired) electrons. The number of rotatable bonds is 5. The number of halogens is 1. The van der Waals surface area contributed by atoms with Gasteiger partial charge in [0.25, 0.3) is 0 Å². The summed E-state index contributed by atoms with van der Waals surface area (Å²) in [5, 5.41) is 17.4. The molecule has 0 aliphatic carbocycles. The van der Waals surface area contributed by atoms with E-state index in [2.05, 4.69) is 38.4 Å². The Kier molecular flexibility index (Phi) is 4.49. The molecule has 1 aromatic heterocycles. The van der Waals surface area contributed by atoms with E-state index in [0.29, 0.717) is 0 Å². The highest BCUT2D eigenvalue weighted by Crippen LogP contribution is 2.17. The summed E-state index contributed by atoms with van der Waals surface area (Å²) in [6.45, 7) is 0.156. The molecule has 2 aromatic rings. The van der Waals surface area contributed by atoms with Gasteiger partial charge in [-0.3, -0.25) is 4.68 Å². The van der Waals surface area contributed by atoms with E-state index in [-0.39, 0.29) is 12.5 Å². The van der Waals surface area contributed by atoms with Crippen LogP contribution in [0.15, 0.2) is 34.9 Å². The third-order valence-corrected chi connectivity index (χ3v) is 3.31. The Balaban J connectivity index is 2.01. The van der Waals surface area contributed by atoms with Crippen molar-refractivity contribution in [3.8, 4) is 0 Å². The highest BCUT2D eigenvalue weighted by atomic mass is 79.9. The van der Waals surface area contributed by atoms with Gasteiger partial charge in [0.05, 0.1) is 5.69 Å². The molecule has 18 heavy (non-hydrogen) atoms. The lowest BCUT2D eigenvalue weighted by atomic mass is 9.96. The van der Waals surface area contributed by atoms with E-state index in [9.17, 15) is 5.11 Å². The Morgan fingerprint density at radius 2 is 2.22 bits per heavy atom. The second-order valence-electron chi connectivity index (χ2n) is 4.47. The van der Waals surface area contributed by atoms with Crippen LogP contribution in [0, 0.1) is 5.92 Å². The molecule has 0 spiro atoms. The lowest BCUT2D eigenvalue weighted by Crippen LogP contribution is -2.13. The smallest absolute Gasteiger partial charge is 0.0830 e. The van der Waals surface area contributed by atoms with Crippen LogP contribution in [0.2, 0.25) is 0 Å². The molecule has 1 aromatic carbocycles. The molecule has 0 saturated heterocycles. The van der Waals surface area contributed by atoms with Gasteiger partial charge in [0.2, 0.25) is 0 Å². The molecule has 1 N–H and O–H groups in total. The van der Waals surface area contributed by atoms with Gasteiger partial charge in [-0.05, 0) is 36.5 Å². The fourth-order valence-electron chi connectivity index (χ4n) is 1.98. The number of hydrogen-bond acceptors (Lipinski definition) is 3. The van der Waals surface area contributed by atoms with Crippen molar-refractivity contribution in [3.63, 3.8) is 0 Å². The minimum absolute atomic E-state index is 0.156. The van der Waals surface area contributed by atoms with Gasteiger partial charge in [0, 0.05) is 24.3 Å². The standard InChI is InChI=1S/C13H16BrN3O/c1-17-8-13(15-16-17)7-11(9-18)5-10-3-2-4-12(14)6-10/h2-4,6,8,11,18H,5,7,9H2,1H3. The Bertz CT molecular complexity index is 512. The van der Waals surface area contributed by atoms with Crippen LogP contribution in [0.5, 0.6) is 0 Å². The lowest BCUT2D eigenvalue weighted by Gasteiger charge is -2.12. The zero-order chi connectivity index (χ0) is 13.0. The Morgan fingerprint density at radius 3 is 2.83 bits per heavy atom. The topological polar surface area (TPSA) is 50.9 Å². The van der Waals surface area contributed by atoms with Crippen molar-refractivity contribution in [2.45, 2.75) is 12.8 Å². The minimum Gasteiger partial charge on any atom is -0.396 e. The van der Waals surface area contributed by atoms with E-state index in [0.717, 1.165) is 23.0 Å². The highest BCUT2D eigenvalue weighted by Gasteiger charge is 2.12. The summed E-state index contributed by atoms with van der Waals surface area (Å²) in [6.07, 6.45) is 3.48. The fourth-order valence-corrected chi connectivity index (χ4v) is 2.43. The molecular formula is C13H16BrN3O. The van der Waals surface area contributed by atoms with Crippen molar-refractivity contribution in [1.82, 2.24) is 15.0 Å². The first-order valence-corrected chi connectivity index (χ1v) is 6.67. The molecule has 0 aliphatic heterocycles. The largest absolute Gasteiger partial charge is 0.396 e. The average Bonchev–Trinajstić information content (AvgIpc) is 2.74. The summed E-state index contributed by atoms with van der Waals surface area (Å²) in [4.78, 5) is 0. The van der Waals surface area contributed by atoms with Crippen molar-refractivity contribution in [2.75, 3.05) is 6.61 Å². The Hall–Kier alpha value is -1.20. The van der Waals surface area contributed by atoms with Crippen molar-refractivity contribution in [1.29, 1.82) is 0 Å². The summed E-state index contributed by atoms with van der Waals surface area (Å²) in [6, 6.07) is 8.17. The number of benzene rings is 1. The summed E-state index contributed by atoms with van der Waals surface area (Å²) >= 11 is 3.46. The maximum atomic E-state index is 9.46. The maximum Gasteiger partial charge on any atom is 0.0830 e. The Labute approximate surface area is 115 Å². The monoisotopic (exact) mass is 309 g/mol. The first-order valence-electron chi connectivity index (χ1n) is 5.88. The van der Waals surface area contributed by atoms with E-state index >= 15 is 0 Å². The van der Waals surface area contributed by atoms with Gasteiger partial charge in [-0.1, -0.05) is 33.3 Å². The van der Waals surface area contributed by atoms with Gasteiger partial charge in [-0.15, -0.1) is 5.10 Å². The fraction of sp³-hybridized carbons (Fsp3) is 0.385. The molecule has 96 valence electrons. The van der Waals surface area contributed by atoms with Crippen LogP contribution in [-0.4, -0.2) is 26.7 Å². The molecule has 4 nitrogen and oxygen atoms in total. The van der Waals surface area contributed by atoms with Crippen LogP contribution in [0.1, 0.15) is 11.3 Å². The van der Waals surface area contributed by atoms with E-state index in [1.54, 1.807) is 4.68 Å². The lowest BCUT2D eigenvalue weighted by molar-refractivity contribution is 0.224. The zero-order valence-electron chi connectivity index (χ0n) is 10.3.